The summed E-state index contributed by atoms with van der Waals surface area (Å²) in [4.78, 5) is 7.67. The van der Waals surface area contributed by atoms with Gasteiger partial charge in [-0.25, -0.2) is 0 Å². The van der Waals surface area contributed by atoms with Crippen LogP contribution in [0.4, 0.5) is 0 Å². The monoisotopic (exact) mass is 218 g/mol. The van der Waals surface area contributed by atoms with Gasteiger partial charge in [0.25, 0.3) is 11.8 Å². The van der Waals surface area contributed by atoms with Crippen molar-refractivity contribution in [2.24, 2.45) is 0 Å². The number of methoxy groups -OCH3 is 1. The maximum absolute atomic E-state index is 9.50. The van der Waals surface area contributed by atoms with Crippen LogP contribution in [0.5, 0.6) is 17.5 Å². The molecular formula is C11H10N2O3. The molecule has 1 aromatic carbocycles. The van der Waals surface area contributed by atoms with E-state index in [0.717, 1.165) is 0 Å². The molecule has 0 atom stereocenters. The van der Waals surface area contributed by atoms with Crippen molar-refractivity contribution in [3.63, 3.8) is 0 Å². The third-order valence-electron chi connectivity index (χ3n) is 2.07. The minimum Gasteiger partial charge on any atom is -0.490 e. The molecule has 82 valence electrons. The number of rotatable bonds is 2. The van der Waals surface area contributed by atoms with Crippen molar-refractivity contribution in [3.8, 4) is 28.9 Å². The Kier molecular flexibility index (Phi) is 2.59. The van der Waals surface area contributed by atoms with E-state index in [4.69, 9.17) is 4.74 Å². The van der Waals surface area contributed by atoms with E-state index in [1.54, 1.807) is 12.1 Å². The Bertz CT molecular complexity index is 477. The lowest BCUT2D eigenvalue weighted by molar-refractivity contribution is 0.328. The van der Waals surface area contributed by atoms with E-state index in [-0.39, 0.29) is 23.3 Å². The van der Waals surface area contributed by atoms with E-state index < -0.39 is 0 Å². The number of ether oxygens (including phenoxy) is 1. The highest BCUT2D eigenvalue weighted by Gasteiger charge is 2.14. The van der Waals surface area contributed by atoms with Crippen LogP contribution in [0.1, 0.15) is 0 Å². The largest absolute Gasteiger partial charge is 0.490 e. The second-order valence-corrected chi connectivity index (χ2v) is 3.09. The summed E-state index contributed by atoms with van der Waals surface area (Å²) in [6.07, 6.45) is 0. The van der Waals surface area contributed by atoms with Gasteiger partial charge in [0.15, 0.2) is 5.82 Å². The second-order valence-electron chi connectivity index (χ2n) is 3.09. The summed E-state index contributed by atoms with van der Waals surface area (Å²) in [5.74, 6) is -0.640. The molecule has 0 aliphatic carbocycles. The van der Waals surface area contributed by atoms with Crippen molar-refractivity contribution in [1.82, 2.24) is 9.97 Å². The number of hydrogen-bond acceptors (Lipinski definition) is 5. The standard InChI is InChI=1S/C11H10N2O3/c1-16-8-10(14)12-9(13-11(8)15)7-5-3-2-4-6-7/h2-6H,1H3,(H2,12,13,14,15). The highest BCUT2D eigenvalue weighted by atomic mass is 16.5. The Balaban J connectivity index is 2.53. The number of benzene rings is 1. The van der Waals surface area contributed by atoms with E-state index in [1.165, 1.54) is 7.11 Å². The van der Waals surface area contributed by atoms with E-state index >= 15 is 0 Å². The zero-order valence-corrected chi connectivity index (χ0v) is 8.58. The normalized spacial score (nSPS) is 10.1. The minimum atomic E-state index is -0.381. The van der Waals surface area contributed by atoms with E-state index in [9.17, 15) is 10.2 Å². The summed E-state index contributed by atoms with van der Waals surface area (Å²) in [5, 5.41) is 19.0. The molecule has 0 aliphatic rings. The van der Waals surface area contributed by atoms with Crippen LogP contribution in [0.2, 0.25) is 0 Å². The summed E-state index contributed by atoms with van der Waals surface area (Å²) in [7, 11) is 1.32. The molecular weight excluding hydrogens is 208 g/mol. The molecule has 1 heterocycles. The molecule has 5 nitrogen and oxygen atoms in total. The van der Waals surface area contributed by atoms with Crippen molar-refractivity contribution in [1.29, 1.82) is 0 Å². The van der Waals surface area contributed by atoms with Gasteiger partial charge in [-0.3, -0.25) is 0 Å². The van der Waals surface area contributed by atoms with E-state index in [1.807, 2.05) is 18.2 Å². The van der Waals surface area contributed by atoms with Gasteiger partial charge in [-0.15, -0.1) is 0 Å². The van der Waals surface area contributed by atoms with Crippen LogP contribution >= 0.6 is 0 Å². The number of aromatic nitrogens is 2. The highest BCUT2D eigenvalue weighted by molar-refractivity contribution is 5.58. The fourth-order valence-electron chi connectivity index (χ4n) is 1.33. The maximum atomic E-state index is 9.50. The summed E-state index contributed by atoms with van der Waals surface area (Å²) in [5.41, 5.74) is 0.704. The average Bonchev–Trinajstić information content (AvgIpc) is 2.30. The Morgan fingerprint density at radius 3 is 2.06 bits per heavy atom. The first-order valence-corrected chi connectivity index (χ1v) is 4.61. The average molecular weight is 218 g/mol. The Morgan fingerprint density at radius 2 is 1.56 bits per heavy atom. The first-order chi connectivity index (χ1) is 7.72. The molecule has 2 N–H and O–H groups in total. The van der Waals surface area contributed by atoms with E-state index in [2.05, 4.69) is 9.97 Å². The van der Waals surface area contributed by atoms with Gasteiger partial charge in [-0.1, -0.05) is 30.3 Å². The molecule has 16 heavy (non-hydrogen) atoms. The van der Waals surface area contributed by atoms with Crippen molar-refractivity contribution in [2.45, 2.75) is 0 Å². The predicted molar refractivity (Wildman–Crippen MR) is 57.3 cm³/mol. The molecule has 0 unspecified atom stereocenters. The fourth-order valence-corrected chi connectivity index (χ4v) is 1.33. The lowest BCUT2D eigenvalue weighted by atomic mass is 10.2. The van der Waals surface area contributed by atoms with Gasteiger partial charge in [0.2, 0.25) is 5.75 Å². The van der Waals surface area contributed by atoms with Gasteiger partial charge in [0.05, 0.1) is 7.11 Å². The zero-order chi connectivity index (χ0) is 11.5. The molecule has 0 spiro atoms. The molecule has 5 heteroatoms. The topological polar surface area (TPSA) is 75.5 Å². The molecule has 2 rings (SSSR count). The molecule has 0 fully saturated rings. The molecule has 0 bridgehead atoms. The van der Waals surface area contributed by atoms with Crippen LogP contribution < -0.4 is 4.74 Å². The van der Waals surface area contributed by atoms with Crippen molar-refractivity contribution >= 4 is 0 Å². The summed E-state index contributed by atoms with van der Waals surface area (Å²) < 4.78 is 4.74. The number of hydrogen-bond donors (Lipinski definition) is 2. The van der Waals surface area contributed by atoms with Crippen LogP contribution in [0.25, 0.3) is 11.4 Å². The van der Waals surface area contributed by atoms with Gasteiger partial charge in [-0.05, 0) is 0 Å². The molecule has 0 saturated heterocycles. The minimum absolute atomic E-state index is 0.125. The highest BCUT2D eigenvalue weighted by Crippen LogP contribution is 2.33. The Morgan fingerprint density at radius 1 is 1.00 bits per heavy atom. The number of nitrogens with zero attached hydrogens (tertiary/aromatic N) is 2. The lowest BCUT2D eigenvalue weighted by Crippen LogP contribution is -1.93. The SMILES string of the molecule is COc1c(O)nc(-c2ccccc2)nc1O. The maximum Gasteiger partial charge on any atom is 0.262 e. The Hall–Kier alpha value is -2.30. The molecule has 0 radical (unpaired) electrons. The lowest BCUT2D eigenvalue weighted by Gasteiger charge is -2.06. The first kappa shape index (κ1) is 10.2. The van der Waals surface area contributed by atoms with Crippen molar-refractivity contribution in [3.05, 3.63) is 30.3 Å². The smallest absolute Gasteiger partial charge is 0.262 e. The van der Waals surface area contributed by atoms with Crippen LogP contribution in [0.15, 0.2) is 30.3 Å². The number of aromatic hydroxyl groups is 2. The molecule has 1 aromatic heterocycles. The van der Waals surface area contributed by atoms with Gasteiger partial charge in [0, 0.05) is 5.56 Å². The van der Waals surface area contributed by atoms with Crippen molar-refractivity contribution < 1.29 is 14.9 Å². The molecule has 0 aliphatic heterocycles. The predicted octanol–water partition coefficient (Wildman–Crippen LogP) is 1.56. The van der Waals surface area contributed by atoms with Gasteiger partial charge < -0.3 is 14.9 Å². The zero-order valence-electron chi connectivity index (χ0n) is 8.58. The summed E-state index contributed by atoms with van der Waals surface area (Å²) in [6.45, 7) is 0. The van der Waals surface area contributed by atoms with Crippen LogP contribution in [-0.2, 0) is 0 Å². The van der Waals surface area contributed by atoms with Gasteiger partial charge in [-0.2, -0.15) is 9.97 Å². The van der Waals surface area contributed by atoms with E-state index in [0.29, 0.717) is 5.56 Å². The summed E-state index contributed by atoms with van der Waals surface area (Å²) in [6, 6.07) is 9.04. The molecule has 2 aromatic rings. The first-order valence-electron chi connectivity index (χ1n) is 4.61. The summed E-state index contributed by atoms with van der Waals surface area (Å²) >= 11 is 0. The molecule has 0 amide bonds. The Labute approximate surface area is 92.0 Å². The third kappa shape index (κ3) is 1.75. The van der Waals surface area contributed by atoms with Gasteiger partial charge in [0.1, 0.15) is 0 Å². The molecule has 0 saturated carbocycles. The van der Waals surface area contributed by atoms with Crippen LogP contribution in [0.3, 0.4) is 0 Å². The fraction of sp³-hybridized carbons (Fsp3) is 0.0909. The van der Waals surface area contributed by atoms with Crippen LogP contribution in [0, 0.1) is 0 Å². The van der Waals surface area contributed by atoms with Gasteiger partial charge >= 0.3 is 0 Å². The second kappa shape index (κ2) is 4.06. The quantitative estimate of drug-likeness (QED) is 0.800. The van der Waals surface area contributed by atoms with Crippen LogP contribution in [-0.4, -0.2) is 27.3 Å². The third-order valence-corrected chi connectivity index (χ3v) is 2.07. The van der Waals surface area contributed by atoms with Crippen molar-refractivity contribution in [2.75, 3.05) is 7.11 Å².